The second-order valence-corrected chi connectivity index (χ2v) is 3.20. The summed E-state index contributed by atoms with van der Waals surface area (Å²) >= 11 is 0. The van der Waals surface area contributed by atoms with E-state index in [1.165, 1.54) is 0 Å². The van der Waals surface area contributed by atoms with Gasteiger partial charge in [0.05, 0.1) is 11.4 Å². The zero-order valence-electron chi connectivity index (χ0n) is 10.6. The van der Waals surface area contributed by atoms with Gasteiger partial charge in [-0.25, -0.2) is 9.59 Å². The number of benzene rings is 1. The van der Waals surface area contributed by atoms with Crippen molar-refractivity contribution in [3.63, 3.8) is 0 Å². The van der Waals surface area contributed by atoms with Crippen molar-refractivity contribution in [3.8, 4) is 0 Å². The van der Waals surface area contributed by atoms with Crippen LogP contribution in [-0.2, 0) is 0 Å². The topological polar surface area (TPSA) is 202 Å². The Bertz CT molecular complexity index is 518. The molecule has 1 aromatic rings. The predicted octanol–water partition coefficient (Wildman–Crippen LogP) is -0.0343. The Kier molecular flexibility index (Phi) is 9.65. The van der Waals surface area contributed by atoms with E-state index in [9.17, 15) is 9.59 Å². The highest BCUT2D eigenvalue weighted by molar-refractivity contribution is 5.92. The summed E-state index contributed by atoms with van der Waals surface area (Å²) in [7, 11) is 0. The molecule has 0 aromatic heterocycles. The number of azo groups is 1. The summed E-state index contributed by atoms with van der Waals surface area (Å²) in [6, 6.07) is 4.62. The second kappa shape index (κ2) is 9.94. The van der Waals surface area contributed by atoms with E-state index in [1.807, 2.05) is 5.32 Å². The molecule has 0 atom stereocenters. The van der Waals surface area contributed by atoms with Gasteiger partial charge in [-0.3, -0.25) is 21.6 Å². The van der Waals surface area contributed by atoms with Crippen LogP contribution in [0.4, 0.5) is 21.0 Å². The Morgan fingerprint density at radius 1 is 1.14 bits per heavy atom. The highest BCUT2D eigenvalue weighted by atomic mass is 35.5. The number of amides is 4. The van der Waals surface area contributed by atoms with Crippen LogP contribution in [0.3, 0.4) is 0 Å². The number of nitrogens with two attached hydrogens (primary N) is 2. The Hall–Kier alpha value is -2.92. The Balaban J connectivity index is 0. The molecular formula is C9H15ClN8O3. The van der Waals surface area contributed by atoms with Gasteiger partial charge >= 0.3 is 12.1 Å². The van der Waals surface area contributed by atoms with E-state index in [1.54, 1.807) is 24.3 Å². The Morgan fingerprint density at radius 2 is 1.71 bits per heavy atom. The molecule has 1 aromatic carbocycles. The lowest BCUT2D eigenvalue weighted by Crippen LogP contribution is -2.44. The van der Waals surface area contributed by atoms with Crippen LogP contribution in [0.1, 0.15) is 0 Å². The monoisotopic (exact) mass is 318 g/mol. The second-order valence-electron chi connectivity index (χ2n) is 3.20. The van der Waals surface area contributed by atoms with E-state index in [0.717, 1.165) is 0 Å². The quantitative estimate of drug-likeness (QED) is 0.196. The molecule has 1 rings (SSSR count). The van der Waals surface area contributed by atoms with Gasteiger partial charge in [-0.05, 0) is 24.3 Å². The molecule has 10 N–H and O–H groups in total. The maximum atomic E-state index is 11.0. The molecule has 0 saturated heterocycles. The van der Waals surface area contributed by atoms with Crippen molar-refractivity contribution < 1.29 is 15.1 Å². The van der Waals surface area contributed by atoms with E-state index in [2.05, 4.69) is 21.1 Å². The lowest BCUT2D eigenvalue weighted by atomic mass is 10.3. The van der Waals surface area contributed by atoms with E-state index >= 15 is 0 Å². The fourth-order valence-corrected chi connectivity index (χ4v) is 0.995. The van der Waals surface area contributed by atoms with Crippen molar-refractivity contribution in [2.75, 3.05) is 5.43 Å². The van der Waals surface area contributed by atoms with Crippen LogP contribution in [0.25, 0.3) is 0 Å². The summed E-state index contributed by atoms with van der Waals surface area (Å²) in [5, 5.41) is 15.7. The summed E-state index contributed by atoms with van der Waals surface area (Å²) in [5.74, 6) is -0.396. The van der Waals surface area contributed by atoms with Gasteiger partial charge < -0.3 is 16.9 Å². The number of guanidine groups is 1. The first kappa shape index (κ1) is 20.4. The molecule has 0 heterocycles. The average molecular weight is 319 g/mol. The number of carbonyl (C=O) groups is 2. The zero-order valence-corrected chi connectivity index (χ0v) is 11.4. The van der Waals surface area contributed by atoms with Gasteiger partial charge in [-0.2, -0.15) is 0 Å². The predicted molar refractivity (Wildman–Crippen MR) is 78.6 cm³/mol. The number of hydrazine groups is 1. The van der Waals surface area contributed by atoms with Crippen molar-refractivity contribution in [2.24, 2.45) is 21.7 Å². The van der Waals surface area contributed by atoms with E-state index in [0.29, 0.717) is 11.4 Å². The van der Waals surface area contributed by atoms with Crippen molar-refractivity contribution in [2.45, 2.75) is 0 Å². The van der Waals surface area contributed by atoms with Crippen molar-refractivity contribution in [1.82, 2.24) is 10.7 Å². The van der Waals surface area contributed by atoms with Gasteiger partial charge in [0.2, 0.25) is 5.96 Å². The molecule has 0 unspecified atom stereocenters. The molecule has 0 aliphatic rings. The normalized spacial score (nSPS) is 8.95. The maximum absolute atomic E-state index is 11.0. The number of nitrogens with one attached hydrogen (secondary N) is 4. The van der Waals surface area contributed by atoms with Crippen molar-refractivity contribution >= 4 is 41.8 Å². The highest BCUT2D eigenvalue weighted by Crippen LogP contribution is 2.15. The average Bonchev–Trinajstić information content (AvgIpc) is 2.34. The Labute approximate surface area is 125 Å². The number of hydrogen-bond acceptors (Lipinski definition) is 5. The largest absolute Gasteiger partial charge is 0.412 e. The summed E-state index contributed by atoms with van der Waals surface area (Å²) in [6.45, 7) is 0. The lowest BCUT2D eigenvalue weighted by Gasteiger charge is -2.07. The summed E-state index contributed by atoms with van der Waals surface area (Å²) in [5.41, 5.74) is 15.5. The molecule has 21 heavy (non-hydrogen) atoms. The molecule has 0 aliphatic carbocycles. The fraction of sp³-hybridized carbons (Fsp3) is 0. The van der Waals surface area contributed by atoms with Crippen LogP contribution in [0.2, 0.25) is 0 Å². The van der Waals surface area contributed by atoms with Gasteiger partial charge in [0.1, 0.15) is 0 Å². The number of rotatable bonds is 3. The van der Waals surface area contributed by atoms with Gasteiger partial charge in [0.25, 0.3) is 0 Å². The highest BCUT2D eigenvalue weighted by Gasteiger charge is 2.01. The lowest BCUT2D eigenvalue weighted by molar-refractivity contribution is 0.233. The van der Waals surface area contributed by atoms with Crippen molar-refractivity contribution in [1.29, 1.82) is 5.41 Å². The maximum Gasteiger partial charge on any atom is 0.341 e. The summed E-state index contributed by atoms with van der Waals surface area (Å²) in [4.78, 5) is 21.4. The van der Waals surface area contributed by atoms with Crippen LogP contribution in [0, 0.1) is 5.41 Å². The number of imide groups is 1. The van der Waals surface area contributed by atoms with Crippen LogP contribution in [-0.4, -0.2) is 23.5 Å². The number of anilines is 1. The standard InChI is InChI=1S/C9H12N8O2.ClH.H2O/c10-7(11)16-14-5-1-3-6(4-2-5)15-17-9(19)13-8(12)18;;/h1-4,15H,(H3,10,11)(H4,12,13,17,18,19);1H;1H2. The SMILES string of the molecule is Cl.N=C(N)N=Nc1ccc(NNC(=O)NC(N)=O)cc1.O. The molecule has 0 bridgehead atoms. The fourth-order valence-electron chi connectivity index (χ4n) is 0.995. The third-order valence-corrected chi connectivity index (χ3v) is 1.70. The zero-order chi connectivity index (χ0) is 14.3. The molecule has 0 fully saturated rings. The molecule has 116 valence electrons. The number of urea groups is 2. The number of hydrogen-bond donors (Lipinski definition) is 6. The molecule has 0 spiro atoms. The molecule has 0 aliphatic heterocycles. The summed E-state index contributed by atoms with van der Waals surface area (Å²) < 4.78 is 0. The molecule has 0 saturated carbocycles. The number of primary amides is 1. The molecule has 12 heteroatoms. The third kappa shape index (κ3) is 8.74. The number of halogens is 1. The molecular weight excluding hydrogens is 304 g/mol. The minimum atomic E-state index is -0.959. The molecule has 0 radical (unpaired) electrons. The third-order valence-electron chi connectivity index (χ3n) is 1.70. The van der Waals surface area contributed by atoms with Crippen LogP contribution in [0.5, 0.6) is 0 Å². The summed E-state index contributed by atoms with van der Waals surface area (Å²) in [6.07, 6.45) is 0. The first-order valence-corrected chi connectivity index (χ1v) is 4.95. The number of nitrogens with zero attached hydrogens (tertiary/aromatic N) is 2. The number of carbonyl (C=O) groups excluding carboxylic acids is 2. The van der Waals surface area contributed by atoms with E-state index in [4.69, 9.17) is 16.9 Å². The Morgan fingerprint density at radius 3 is 2.19 bits per heavy atom. The first-order chi connectivity index (χ1) is 8.97. The van der Waals surface area contributed by atoms with E-state index in [-0.39, 0.29) is 17.9 Å². The van der Waals surface area contributed by atoms with Crippen molar-refractivity contribution in [3.05, 3.63) is 24.3 Å². The molecule has 11 nitrogen and oxygen atoms in total. The van der Waals surface area contributed by atoms with Gasteiger partial charge in [-0.1, -0.05) is 0 Å². The van der Waals surface area contributed by atoms with E-state index < -0.39 is 18.0 Å². The minimum absolute atomic E-state index is 0. The minimum Gasteiger partial charge on any atom is -0.412 e. The van der Waals surface area contributed by atoms with Gasteiger partial charge in [-0.15, -0.1) is 22.6 Å². The molecule has 4 amide bonds. The van der Waals surface area contributed by atoms with Crippen LogP contribution < -0.4 is 27.6 Å². The van der Waals surface area contributed by atoms with Gasteiger partial charge in [0, 0.05) is 0 Å². The smallest absolute Gasteiger partial charge is 0.341 e. The van der Waals surface area contributed by atoms with Crippen LogP contribution in [0.15, 0.2) is 34.5 Å². The van der Waals surface area contributed by atoms with Gasteiger partial charge in [0.15, 0.2) is 0 Å². The van der Waals surface area contributed by atoms with Crippen LogP contribution >= 0.6 is 12.4 Å². The first-order valence-electron chi connectivity index (χ1n) is 4.95.